The van der Waals surface area contributed by atoms with Crippen LogP contribution < -0.4 is 0 Å². The Bertz CT molecular complexity index is 1480. The number of hydrogen-bond acceptors (Lipinski definition) is 0. The maximum atomic E-state index is 9.30. The van der Waals surface area contributed by atoms with E-state index in [2.05, 4.69) is 17.6 Å². The van der Waals surface area contributed by atoms with Gasteiger partial charge >= 0.3 is 0 Å². The van der Waals surface area contributed by atoms with Crippen LogP contribution in [0.15, 0.2) is 6.07 Å². The summed E-state index contributed by atoms with van der Waals surface area (Å²) in [6.45, 7) is 0. The maximum Gasteiger partial charge on any atom is 0.0299 e. The molecule has 16 fully saturated rings. The summed E-state index contributed by atoms with van der Waals surface area (Å²) in [6.07, 6.45) is 45.9. The Morgan fingerprint density at radius 2 is 0.604 bits per heavy atom. The van der Waals surface area contributed by atoms with E-state index in [9.17, 15) is 6.42 Å². The van der Waals surface area contributed by atoms with Gasteiger partial charge in [-0.1, -0.05) is 5.92 Å². The molecule has 0 saturated heterocycles. The molecule has 1 aromatic carbocycles. The quantitative estimate of drug-likeness (QED) is 0.288. The molecule has 0 unspecified atom stereocenters. The summed E-state index contributed by atoms with van der Waals surface area (Å²) >= 11 is 0. The van der Waals surface area contributed by atoms with Gasteiger partial charge in [-0.05, 0) is 282 Å². The molecule has 16 bridgehead atoms. The van der Waals surface area contributed by atoms with Crippen molar-refractivity contribution in [1.29, 1.82) is 0 Å². The van der Waals surface area contributed by atoms with Gasteiger partial charge in [0.1, 0.15) is 0 Å². The van der Waals surface area contributed by atoms with E-state index in [1.807, 2.05) is 16.7 Å². The van der Waals surface area contributed by atoms with Gasteiger partial charge in [-0.15, -0.1) is 0 Å². The first kappa shape index (κ1) is 28.4. The van der Waals surface area contributed by atoms with E-state index in [1.165, 1.54) is 102 Å². The Kier molecular flexibility index (Phi) is 5.45. The van der Waals surface area contributed by atoms with Gasteiger partial charge in [0, 0.05) is 5.56 Å². The van der Waals surface area contributed by atoms with E-state index >= 15 is 0 Å². The summed E-state index contributed by atoms with van der Waals surface area (Å²) in [4.78, 5) is 0. The molecule has 253 valence electrons. The standard InChI is InChI=1S/C48H61/c1-2-40-15-41(45-16-28-3-29(17-45)5-30(4-28)18-45)43(47-22-34-9-35(23-47)11-36(10-34)24-47)44(48-25-37-12-38(26-48)14-39(13-37)27-48)42(40)46-19-31-6-32(20-46)8-33(7-31)21-46/h15,28-39H,3-14,16-27H2. The second-order valence-electron chi connectivity index (χ2n) is 23.0. The van der Waals surface area contributed by atoms with Crippen molar-refractivity contribution in [2.24, 2.45) is 71.0 Å². The SMILES string of the molecule is [C]#Cc1cc(C23CC4CC(CC(C4)C2)C3)c(C23CC4CC(CC(C4)C2)C3)c(C23CC4CC(CC(C4)C2)C3)c1C12CC3CC(CC(C3)C1)C2. The zero-order valence-electron chi connectivity index (χ0n) is 30.0. The van der Waals surface area contributed by atoms with Crippen LogP contribution in [0.3, 0.4) is 0 Å². The molecule has 0 nitrogen and oxygen atoms in total. The van der Waals surface area contributed by atoms with E-state index in [1.54, 1.807) is 57.8 Å². The monoisotopic (exact) mass is 637 g/mol. The highest BCUT2D eigenvalue weighted by Gasteiger charge is 2.63. The lowest BCUT2D eigenvalue weighted by Crippen LogP contribution is -2.57. The van der Waals surface area contributed by atoms with E-state index in [0.29, 0.717) is 21.7 Å². The lowest BCUT2D eigenvalue weighted by Gasteiger charge is -2.65. The molecule has 16 aliphatic carbocycles. The Balaban J connectivity index is 1.14. The van der Waals surface area contributed by atoms with Gasteiger partial charge in [0.15, 0.2) is 0 Å². The van der Waals surface area contributed by atoms with Gasteiger partial charge in [-0.3, -0.25) is 0 Å². The molecule has 16 saturated carbocycles. The van der Waals surface area contributed by atoms with Crippen molar-refractivity contribution >= 4 is 0 Å². The first-order valence-corrected chi connectivity index (χ1v) is 22.0. The van der Waals surface area contributed by atoms with Crippen molar-refractivity contribution in [2.45, 2.75) is 176 Å². The first-order valence-electron chi connectivity index (χ1n) is 22.0. The van der Waals surface area contributed by atoms with Crippen LogP contribution in [-0.2, 0) is 21.7 Å². The molecule has 0 amide bonds. The topological polar surface area (TPSA) is 0 Å². The highest BCUT2D eigenvalue weighted by molar-refractivity contribution is 5.63. The van der Waals surface area contributed by atoms with Crippen LogP contribution in [0.4, 0.5) is 0 Å². The zero-order valence-corrected chi connectivity index (χ0v) is 30.0. The molecular weight excluding hydrogens is 577 g/mol. The normalized spacial score (nSPS) is 57.1. The predicted molar refractivity (Wildman–Crippen MR) is 192 cm³/mol. The second kappa shape index (κ2) is 9.22. The van der Waals surface area contributed by atoms with Crippen LogP contribution in [0.25, 0.3) is 0 Å². The molecule has 0 heteroatoms. The Morgan fingerprint density at radius 3 is 0.896 bits per heavy atom. The highest BCUT2D eigenvalue weighted by atomic mass is 14.7. The number of benzene rings is 1. The average molecular weight is 638 g/mol. The Hall–Kier alpha value is -1.22. The molecule has 48 heavy (non-hydrogen) atoms. The summed E-state index contributed by atoms with van der Waals surface area (Å²) in [5.74, 6) is 15.2. The third-order valence-corrected chi connectivity index (χ3v) is 19.8. The van der Waals surface area contributed by atoms with Crippen LogP contribution >= 0.6 is 0 Å². The highest BCUT2D eigenvalue weighted by Crippen LogP contribution is 2.72. The van der Waals surface area contributed by atoms with Crippen molar-refractivity contribution in [1.82, 2.24) is 0 Å². The molecule has 17 rings (SSSR count). The number of rotatable bonds is 4. The molecule has 0 aromatic heterocycles. The second-order valence-corrected chi connectivity index (χ2v) is 23.0. The van der Waals surface area contributed by atoms with Gasteiger partial charge < -0.3 is 0 Å². The summed E-state index contributed by atoms with van der Waals surface area (Å²) in [7, 11) is 0. The fourth-order valence-electron chi connectivity index (χ4n) is 20.5. The van der Waals surface area contributed by atoms with Crippen molar-refractivity contribution in [3.8, 4) is 5.92 Å². The largest absolute Gasteiger partial charge is 0.0525 e. The smallest absolute Gasteiger partial charge is 0.0299 e. The molecule has 1 aromatic rings. The minimum Gasteiger partial charge on any atom is -0.0525 e. The lowest BCUT2D eigenvalue weighted by molar-refractivity contribution is -0.0289. The van der Waals surface area contributed by atoms with E-state index in [0.717, 1.165) is 71.0 Å². The van der Waals surface area contributed by atoms with Crippen LogP contribution in [0.5, 0.6) is 0 Å². The molecular formula is C48H61. The van der Waals surface area contributed by atoms with Gasteiger partial charge in [0.05, 0.1) is 0 Å². The van der Waals surface area contributed by atoms with Gasteiger partial charge in [-0.2, -0.15) is 0 Å². The molecule has 0 atom stereocenters. The van der Waals surface area contributed by atoms with Gasteiger partial charge in [-0.25, -0.2) is 0 Å². The minimum absolute atomic E-state index is 0.355. The van der Waals surface area contributed by atoms with Gasteiger partial charge in [0.2, 0.25) is 0 Å². The van der Waals surface area contributed by atoms with Crippen LogP contribution in [-0.4, -0.2) is 0 Å². The van der Waals surface area contributed by atoms with E-state index in [4.69, 9.17) is 0 Å². The van der Waals surface area contributed by atoms with Gasteiger partial charge in [0.25, 0.3) is 0 Å². The zero-order chi connectivity index (χ0) is 31.2. The summed E-state index contributed by atoms with van der Waals surface area (Å²) in [5, 5.41) is 0. The molecule has 1 radical (unpaired) electrons. The fraction of sp³-hybridized carbons (Fsp3) is 0.833. The molecule has 0 spiro atoms. The lowest BCUT2D eigenvalue weighted by atomic mass is 9.39. The molecule has 0 N–H and O–H groups in total. The van der Waals surface area contributed by atoms with Crippen molar-refractivity contribution in [3.63, 3.8) is 0 Å². The molecule has 0 aliphatic heterocycles. The predicted octanol–water partition coefficient (Wildman–Crippen LogP) is 11.5. The van der Waals surface area contributed by atoms with Crippen molar-refractivity contribution in [3.05, 3.63) is 40.3 Å². The van der Waals surface area contributed by atoms with Crippen molar-refractivity contribution in [2.75, 3.05) is 0 Å². The summed E-state index contributed by atoms with van der Waals surface area (Å²) < 4.78 is 0. The molecule has 0 heterocycles. The summed E-state index contributed by atoms with van der Waals surface area (Å²) in [6, 6.07) is 2.84. The Morgan fingerprint density at radius 1 is 0.354 bits per heavy atom. The van der Waals surface area contributed by atoms with E-state index in [-0.39, 0.29) is 0 Å². The maximum absolute atomic E-state index is 9.30. The van der Waals surface area contributed by atoms with Crippen LogP contribution in [0.2, 0.25) is 0 Å². The third kappa shape index (κ3) is 3.68. The fourth-order valence-corrected chi connectivity index (χ4v) is 20.5. The van der Waals surface area contributed by atoms with Crippen LogP contribution in [0, 0.1) is 83.4 Å². The van der Waals surface area contributed by atoms with Crippen LogP contribution in [0.1, 0.15) is 182 Å². The van der Waals surface area contributed by atoms with E-state index < -0.39 is 0 Å². The Labute approximate surface area is 292 Å². The third-order valence-electron chi connectivity index (χ3n) is 19.8. The first-order chi connectivity index (χ1) is 23.4. The summed E-state index contributed by atoms with van der Waals surface area (Å²) in [5.41, 5.74) is 10.9. The minimum atomic E-state index is 0.355. The average Bonchev–Trinajstić information content (AvgIpc) is 3.01. The van der Waals surface area contributed by atoms with Crippen molar-refractivity contribution < 1.29 is 0 Å². The number of hydrogen-bond donors (Lipinski definition) is 0. The molecule has 16 aliphatic rings.